The molecular weight excluding hydrogens is 332 g/mol. The molecule has 1 atom stereocenters. The van der Waals surface area contributed by atoms with Gasteiger partial charge in [0.05, 0.1) is 16.8 Å². The van der Waals surface area contributed by atoms with Gasteiger partial charge in [0.1, 0.15) is 11.9 Å². The summed E-state index contributed by atoms with van der Waals surface area (Å²) in [5.74, 6) is -0.435. The van der Waals surface area contributed by atoms with Gasteiger partial charge in [-0.15, -0.1) is 0 Å². The number of pyridine rings is 1. The van der Waals surface area contributed by atoms with Crippen LogP contribution < -0.4 is 10.6 Å². The first-order valence-corrected chi connectivity index (χ1v) is 8.30. The lowest BCUT2D eigenvalue weighted by molar-refractivity contribution is -0.123. The number of benzene rings is 1. The molecule has 132 valence electrons. The largest absolute Gasteiger partial charge is 0.449 e. The van der Waals surface area contributed by atoms with E-state index in [1.165, 1.54) is 13.1 Å². The van der Waals surface area contributed by atoms with Crippen molar-refractivity contribution in [3.63, 3.8) is 0 Å². The molecule has 1 aliphatic rings. The summed E-state index contributed by atoms with van der Waals surface area (Å²) in [6.45, 7) is 1.47. The van der Waals surface area contributed by atoms with Crippen molar-refractivity contribution in [1.82, 2.24) is 4.98 Å². The van der Waals surface area contributed by atoms with Crippen molar-refractivity contribution >= 4 is 23.4 Å². The Hall–Kier alpha value is -3.40. The molecule has 1 aromatic heterocycles. The number of hydrogen-bond acceptors (Lipinski definition) is 6. The lowest BCUT2D eigenvalue weighted by atomic mass is 10.2. The van der Waals surface area contributed by atoms with Crippen molar-refractivity contribution in [3.8, 4) is 6.07 Å². The van der Waals surface area contributed by atoms with Crippen molar-refractivity contribution in [3.05, 3.63) is 53.7 Å². The van der Waals surface area contributed by atoms with Crippen molar-refractivity contribution in [2.45, 2.75) is 31.9 Å². The standard InChI is InChI=1S/C19H18N4O3/c1-12(18(24)23-16-5-3-2-4-13(16)10-20)26-19(25)14-6-9-17(21-11-14)22-15-7-8-15/h2-6,9,11-12,15H,7-8H2,1H3,(H,21,22)(H,23,24). The first-order valence-electron chi connectivity index (χ1n) is 8.30. The molecule has 1 amide bonds. The molecule has 2 aromatic rings. The van der Waals surface area contributed by atoms with E-state index in [9.17, 15) is 9.59 Å². The Kier molecular flexibility index (Phi) is 5.13. The number of ether oxygens (including phenoxy) is 1. The number of amides is 1. The van der Waals surface area contributed by atoms with E-state index in [2.05, 4.69) is 15.6 Å². The van der Waals surface area contributed by atoms with Gasteiger partial charge in [0.25, 0.3) is 5.91 Å². The Bertz CT molecular complexity index is 854. The third-order valence-electron chi connectivity index (χ3n) is 3.89. The van der Waals surface area contributed by atoms with Crippen LogP contribution in [0, 0.1) is 11.3 Å². The third kappa shape index (κ3) is 4.36. The van der Waals surface area contributed by atoms with Crippen LogP contribution in [0.25, 0.3) is 0 Å². The van der Waals surface area contributed by atoms with Gasteiger partial charge in [-0.1, -0.05) is 12.1 Å². The number of carbonyl (C=O) groups excluding carboxylic acids is 2. The summed E-state index contributed by atoms with van der Waals surface area (Å²) in [5.41, 5.74) is 0.978. The molecule has 1 unspecified atom stereocenters. The number of rotatable bonds is 6. The summed E-state index contributed by atoms with van der Waals surface area (Å²) in [6.07, 6.45) is 2.67. The highest BCUT2D eigenvalue weighted by molar-refractivity contribution is 5.98. The smallest absolute Gasteiger partial charge is 0.340 e. The highest BCUT2D eigenvalue weighted by atomic mass is 16.5. The van der Waals surface area contributed by atoms with E-state index in [1.54, 1.807) is 36.4 Å². The molecule has 0 spiro atoms. The zero-order valence-electron chi connectivity index (χ0n) is 14.2. The molecule has 0 radical (unpaired) electrons. The fourth-order valence-corrected chi connectivity index (χ4v) is 2.24. The minimum absolute atomic E-state index is 0.267. The number of aromatic nitrogens is 1. The molecule has 1 saturated carbocycles. The fourth-order valence-electron chi connectivity index (χ4n) is 2.24. The highest BCUT2D eigenvalue weighted by Crippen LogP contribution is 2.23. The number of nitrogens with one attached hydrogen (secondary N) is 2. The second-order valence-corrected chi connectivity index (χ2v) is 6.04. The number of carbonyl (C=O) groups is 2. The summed E-state index contributed by atoms with van der Waals surface area (Å²) in [7, 11) is 0. The Labute approximate surface area is 151 Å². The van der Waals surface area contributed by atoms with Gasteiger partial charge in [-0.3, -0.25) is 4.79 Å². The lowest BCUT2D eigenvalue weighted by Gasteiger charge is -2.14. The van der Waals surface area contributed by atoms with Crippen molar-refractivity contribution < 1.29 is 14.3 Å². The Balaban J connectivity index is 1.57. The quantitative estimate of drug-likeness (QED) is 0.776. The lowest BCUT2D eigenvalue weighted by Crippen LogP contribution is -2.30. The molecule has 7 nitrogen and oxygen atoms in total. The Morgan fingerprint density at radius 3 is 2.69 bits per heavy atom. The van der Waals surface area contributed by atoms with E-state index in [1.807, 2.05) is 6.07 Å². The van der Waals surface area contributed by atoms with E-state index in [-0.39, 0.29) is 5.56 Å². The second-order valence-electron chi connectivity index (χ2n) is 6.04. The molecule has 3 rings (SSSR count). The average Bonchev–Trinajstić information content (AvgIpc) is 3.46. The molecule has 1 heterocycles. The number of anilines is 2. The fraction of sp³-hybridized carbons (Fsp3) is 0.263. The monoisotopic (exact) mass is 350 g/mol. The zero-order valence-corrected chi connectivity index (χ0v) is 14.2. The number of esters is 1. The van der Waals surface area contributed by atoms with Crippen molar-refractivity contribution in [1.29, 1.82) is 5.26 Å². The molecule has 1 fully saturated rings. The van der Waals surface area contributed by atoms with Gasteiger partial charge in [0, 0.05) is 12.2 Å². The first-order chi connectivity index (χ1) is 12.6. The summed E-state index contributed by atoms with van der Waals surface area (Å²) in [5, 5.41) is 14.9. The predicted octanol–water partition coefficient (Wildman–Crippen LogP) is 2.71. The van der Waals surface area contributed by atoms with Crippen LogP contribution in [0.3, 0.4) is 0 Å². The van der Waals surface area contributed by atoms with E-state index < -0.39 is 18.0 Å². The number of para-hydroxylation sites is 1. The van der Waals surface area contributed by atoms with Crippen molar-refractivity contribution in [2.75, 3.05) is 10.6 Å². The van der Waals surface area contributed by atoms with Crippen LogP contribution in [0.4, 0.5) is 11.5 Å². The minimum Gasteiger partial charge on any atom is -0.449 e. The minimum atomic E-state index is -1.02. The van der Waals surface area contributed by atoms with Crippen LogP contribution in [-0.2, 0) is 9.53 Å². The maximum atomic E-state index is 12.2. The Morgan fingerprint density at radius 2 is 2.04 bits per heavy atom. The van der Waals surface area contributed by atoms with Crippen LogP contribution in [0.1, 0.15) is 35.7 Å². The van der Waals surface area contributed by atoms with Gasteiger partial charge in [-0.25, -0.2) is 9.78 Å². The molecule has 0 bridgehead atoms. The summed E-state index contributed by atoms with van der Waals surface area (Å²) in [4.78, 5) is 28.5. The van der Waals surface area contributed by atoms with Crippen molar-refractivity contribution in [2.24, 2.45) is 0 Å². The molecule has 2 N–H and O–H groups in total. The third-order valence-corrected chi connectivity index (χ3v) is 3.89. The maximum absolute atomic E-state index is 12.2. The number of hydrogen-bond donors (Lipinski definition) is 2. The normalized spacial score (nSPS) is 14.0. The molecular formula is C19H18N4O3. The second kappa shape index (κ2) is 7.66. The van der Waals surface area contributed by atoms with Gasteiger partial charge in [0.15, 0.2) is 6.10 Å². The van der Waals surface area contributed by atoms with Gasteiger partial charge in [-0.05, 0) is 44.0 Å². The van der Waals surface area contributed by atoms with Crippen LogP contribution in [0.15, 0.2) is 42.6 Å². The topological polar surface area (TPSA) is 104 Å². The van der Waals surface area contributed by atoms with E-state index in [0.29, 0.717) is 23.1 Å². The summed E-state index contributed by atoms with van der Waals surface area (Å²) < 4.78 is 5.18. The molecule has 7 heteroatoms. The van der Waals surface area contributed by atoms with E-state index >= 15 is 0 Å². The van der Waals surface area contributed by atoms with E-state index in [0.717, 1.165) is 12.8 Å². The van der Waals surface area contributed by atoms with Gasteiger partial charge < -0.3 is 15.4 Å². The maximum Gasteiger partial charge on any atom is 0.340 e. The molecule has 26 heavy (non-hydrogen) atoms. The molecule has 1 aliphatic carbocycles. The SMILES string of the molecule is CC(OC(=O)c1ccc(NC2CC2)nc1)C(=O)Nc1ccccc1C#N. The van der Waals surface area contributed by atoms with Gasteiger partial charge in [0.2, 0.25) is 0 Å². The Morgan fingerprint density at radius 1 is 1.27 bits per heavy atom. The predicted molar refractivity (Wildman–Crippen MR) is 95.5 cm³/mol. The number of nitrogens with zero attached hydrogens (tertiary/aromatic N) is 2. The van der Waals surface area contributed by atoms with Crippen LogP contribution >= 0.6 is 0 Å². The summed E-state index contributed by atoms with van der Waals surface area (Å²) >= 11 is 0. The average molecular weight is 350 g/mol. The molecule has 1 aromatic carbocycles. The van der Waals surface area contributed by atoms with Crippen LogP contribution in [0.2, 0.25) is 0 Å². The highest BCUT2D eigenvalue weighted by Gasteiger charge is 2.22. The van der Waals surface area contributed by atoms with E-state index in [4.69, 9.17) is 10.00 Å². The number of nitriles is 1. The first kappa shape index (κ1) is 17.4. The molecule has 0 saturated heterocycles. The zero-order chi connectivity index (χ0) is 18.5. The summed E-state index contributed by atoms with van der Waals surface area (Å²) in [6, 6.07) is 12.4. The van der Waals surface area contributed by atoms with Crippen LogP contribution in [0.5, 0.6) is 0 Å². The molecule has 0 aliphatic heterocycles. The van der Waals surface area contributed by atoms with Gasteiger partial charge >= 0.3 is 5.97 Å². The van der Waals surface area contributed by atoms with Crippen LogP contribution in [-0.4, -0.2) is 29.0 Å². The van der Waals surface area contributed by atoms with Gasteiger partial charge in [-0.2, -0.15) is 5.26 Å².